The Kier molecular flexibility index (Phi) is 7.54. The van der Waals surface area contributed by atoms with E-state index in [1.165, 1.54) is 48.7 Å². The number of benzene rings is 3. The van der Waals surface area contributed by atoms with Crippen LogP contribution in [0.3, 0.4) is 0 Å². The van der Waals surface area contributed by atoms with Gasteiger partial charge in [0.15, 0.2) is 0 Å². The fourth-order valence-electron chi connectivity index (χ4n) is 3.08. The Morgan fingerprint density at radius 2 is 1.79 bits per heavy atom. The van der Waals surface area contributed by atoms with Crippen molar-refractivity contribution in [3.63, 3.8) is 0 Å². The number of para-hydroxylation sites is 1. The average molecular weight is 479 g/mol. The first-order valence-corrected chi connectivity index (χ1v) is 11.6. The summed E-state index contributed by atoms with van der Waals surface area (Å²) in [6, 6.07) is 17.1. The van der Waals surface area contributed by atoms with Crippen LogP contribution in [-0.4, -0.2) is 25.5 Å². The Morgan fingerprint density at radius 1 is 1.03 bits per heavy atom. The zero-order valence-electron chi connectivity index (χ0n) is 18.4. The van der Waals surface area contributed by atoms with Gasteiger partial charge in [0.2, 0.25) is 0 Å². The highest BCUT2D eigenvalue weighted by Crippen LogP contribution is 2.21. The number of aryl methyl sites for hydroxylation is 2. The number of carbonyl (C=O) groups excluding carboxylic acids is 1. The molecule has 0 radical (unpaired) electrons. The molecule has 0 aromatic heterocycles. The predicted octanol–water partition coefficient (Wildman–Crippen LogP) is 4.44. The number of anilines is 1. The third-order valence-corrected chi connectivity index (χ3v) is 6.13. The molecule has 3 rings (SSSR count). The van der Waals surface area contributed by atoms with E-state index in [2.05, 4.69) is 15.2 Å². The SMILES string of the molecule is Cc1ccc(NS(=O)(=O)c2cccc(C(=O)N/N=C/C=C/c3ccccc3[N+](=O)[O-])c2)c(C)c1. The van der Waals surface area contributed by atoms with Crippen molar-refractivity contribution in [1.29, 1.82) is 0 Å². The van der Waals surface area contributed by atoms with Gasteiger partial charge in [0, 0.05) is 17.8 Å². The fourth-order valence-corrected chi connectivity index (χ4v) is 4.26. The van der Waals surface area contributed by atoms with Crippen LogP contribution >= 0.6 is 0 Å². The highest BCUT2D eigenvalue weighted by atomic mass is 32.2. The molecule has 0 saturated carbocycles. The lowest BCUT2D eigenvalue weighted by molar-refractivity contribution is -0.385. The maximum atomic E-state index is 12.8. The standard InChI is InChI=1S/C24H22N4O5S/c1-17-12-13-22(18(2)15-17)27-34(32,33)21-10-5-8-20(16-21)24(29)26-25-14-6-9-19-7-3-4-11-23(19)28(30)31/h3-16,27H,1-2H3,(H,26,29)/b9-6+,25-14+. The molecule has 9 nitrogen and oxygen atoms in total. The van der Waals surface area contributed by atoms with Gasteiger partial charge in [0.05, 0.1) is 21.1 Å². The van der Waals surface area contributed by atoms with E-state index in [0.29, 0.717) is 11.3 Å². The van der Waals surface area contributed by atoms with Crippen LogP contribution in [0.4, 0.5) is 11.4 Å². The topological polar surface area (TPSA) is 131 Å². The van der Waals surface area contributed by atoms with E-state index < -0.39 is 20.9 Å². The smallest absolute Gasteiger partial charge is 0.276 e. The zero-order chi connectivity index (χ0) is 24.7. The number of sulfonamides is 1. The third-order valence-electron chi connectivity index (χ3n) is 4.77. The number of hydrazone groups is 1. The Bertz CT molecular complexity index is 1400. The molecule has 0 spiro atoms. The second-order valence-electron chi connectivity index (χ2n) is 7.35. The van der Waals surface area contributed by atoms with Gasteiger partial charge in [-0.15, -0.1) is 0 Å². The van der Waals surface area contributed by atoms with E-state index in [-0.39, 0.29) is 16.1 Å². The summed E-state index contributed by atoms with van der Waals surface area (Å²) in [6.45, 7) is 3.72. The van der Waals surface area contributed by atoms with Crippen molar-refractivity contribution in [2.45, 2.75) is 18.7 Å². The van der Waals surface area contributed by atoms with Crippen LogP contribution in [-0.2, 0) is 10.0 Å². The van der Waals surface area contributed by atoms with Gasteiger partial charge in [-0.2, -0.15) is 5.10 Å². The molecule has 1 amide bonds. The molecule has 3 aromatic rings. The van der Waals surface area contributed by atoms with Gasteiger partial charge in [0.25, 0.3) is 21.6 Å². The molecule has 34 heavy (non-hydrogen) atoms. The summed E-state index contributed by atoms with van der Waals surface area (Å²) in [7, 11) is -3.91. The third kappa shape index (κ3) is 6.14. The Hall–Kier alpha value is -4.31. The number of nitro benzene ring substituents is 1. The van der Waals surface area contributed by atoms with Gasteiger partial charge >= 0.3 is 0 Å². The minimum atomic E-state index is -3.91. The van der Waals surface area contributed by atoms with Crippen molar-refractivity contribution in [3.05, 3.63) is 105 Å². The molecule has 10 heteroatoms. The van der Waals surface area contributed by atoms with Crippen LogP contribution in [0.5, 0.6) is 0 Å². The molecular weight excluding hydrogens is 456 g/mol. The maximum Gasteiger partial charge on any atom is 0.276 e. The van der Waals surface area contributed by atoms with Gasteiger partial charge in [-0.25, -0.2) is 13.8 Å². The van der Waals surface area contributed by atoms with Crippen molar-refractivity contribution in [3.8, 4) is 0 Å². The fraction of sp³-hybridized carbons (Fsp3) is 0.0833. The van der Waals surface area contributed by atoms with Crippen LogP contribution in [0, 0.1) is 24.0 Å². The molecule has 0 aliphatic carbocycles. The van der Waals surface area contributed by atoms with E-state index in [0.717, 1.165) is 11.1 Å². The molecule has 0 aliphatic rings. The molecule has 0 unspecified atom stereocenters. The molecule has 3 aromatic carbocycles. The summed E-state index contributed by atoms with van der Waals surface area (Å²) >= 11 is 0. The number of nitrogens with one attached hydrogen (secondary N) is 2. The predicted molar refractivity (Wildman–Crippen MR) is 131 cm³/mol. The van der Waals surface area contributed by atoms with E-state index in [1.807, 2.05) is 13.0 Å². The van der Waals surface area contributed by atoms with Crippen LogP contribution in [0.2, 0.25) is 0 Å². The number of rotatable bonds is 8. The molecule has 0 heterocycles. The summed E-state index contributed by atoms with van der Waals surface area (Å²) < 4.78 is 28.1. The second kappa shape index (κ2) is 10.5. The van der Waals surface area contributed by atoms with Crippen molar-refractivity contribution < 1.29 is 18.1 Å². The lowest BCUT2D eigenvalue weighted by Gasteiger charge is -2.12. The Labute approximate surface area is 197 Å². The minimum Gasteiger partial charge on any atom is -0.279 e. The van der Waals surface area contributed by atoms with Crippen molar-refractivity contribution in [2.24, 2.45) is 5.10 Å². The highest BCUT2D eigenvalue weighted by molar-refractivity contribution is 7.92. The highest BCUT2D eigenvalue weighted by Gasteiger charge is 2.17. The van der Waals surface area contributed by atoms with Crippen LogP contribution in [0.15, 0.2) is 82.8 Å². The molecule has 0 saturated heterocycles. The minimum absolute atomic E-state index is 0.0522. The largest absolute Gasteiger partial charge is 0.279 e. The summed E-state index contributed by atoms with van der Waals surface area (Å²) in [5.41, 5.74) is 4.98. The molecular formula is C24H22N4O5S. The van der Waals surface area contributed by atoms with Gasteiger partial charge in [-0.05, 0) is 61.9 Å². The van der Waals surface area contributed by atoms with Crippen LogP contribution in [0.1, 0.15) is 27.0 Å². The van der Waals surface area contributed by atoms with E-state index in [4.69, 9.17) is 0 Å². The molecule has 0 atom stereocenters. The van der Waals surface area contributed by atoms with Crippen molar-refractivity contribution in [2.75, 3.05) is 4.72 Å². The van der Waals surface area contributed by atoms with Crippen LogP contribution in [0.25, 0.3) is 6.08 Å². The molecule has 0 bridgehead atoms. The first-order valence-electron chi connectivity index (χ1n) is 10.1. The summed E-state index contributed by atoms with van der Waals surface area (Å²) in [5.74, 6) is -0.612. The zero-order valence-corrected chi connectivity index (χ0v) is 19.2. The average Bonchev–Trinajstić information content (AvgIpc) is 2.81. The number of hydrogen-bond donors (Lipinski definition) is 2. The molecule has 2 N–H and O–H groups in total. The lowest BCUT2D eigenvalue weighted by atomic mass is 10.1. The number of allylic oxidation sites excluding steroid dienone is 1. The van der Waals surface area contributed by atoms with Gasteiger partial charge in [0.1, 0.15) is 0 Å². The van der Waals surface area contributed by atoms with Crippen molar-refractivity contribution >= 4 is 39.6 Å². The summed E-state index contributed by atoms with van der Waals surface area (Å²) in [4.78, 5) is 22.9. The van der Waals surface area contributed by atoms with Crippen LogP contribution < -0.4 is 10.1 Å². The first kappa shape index (κ1) is 24.3. The number of hydrogen-bond acceptors (Lipinski definition) is 6. The Morgan fingerprint density at radius 3 is 2.53 bits per heavy atom. The lowest BCUT2D eigenvalue weighted by Crippen LogP contribution is -2.19. The second-order valence-corrected chi connectivity index (χ2v) is 9.03. The maximum absolute atomic E-state index is 12.8. The first-order chi connectivity index (χ1) is 16.2. The van der Waals surface area contributed by atoms with Gasteiger partial charge in [-0.3, -0.25) is 19.6 Å². The summed E-state index contributed by atoms with van der Waals surface area (Å²) in [6.07, 6.45) is 4.19. The summed E-state index contributed by atoms with van der Waals surface area (Å²) in [5, 5.41) is 14.8. The number of amides is 1. The normalized spacial score (nSPS) is 11.6. The number of nitro groups is 1. The molecule has 174 valence electrons. The van der Waals surface area contributed by atoms with E-state index in [9.17, 15) is 23.3 Å². The van der Waals surface area contributed by atoms with Gasteiger partial charge in [-0.1, -0.05) is 35.9 Å². The van der Waals surface area contributed by atoms with E-state index >= 15 is 0 Å². The van der Waals surface area contributed by atoms with Crippen molar-refractivity contribution in [1.82, 2.24) is 5.43 Å². The van der Waals surface area contributed by atoms with E-state index in [1.54, 1.807) is 37.3 Å². The quantitative estimate of drug-likeness (QED) is 0.281. The number of carbonyl (C=O) groups is 1. The monoisotopic (exact) mass is 478 g/mol. The Balaban J connectivity index is 1.68. The molecule has 0 fully saturated rings. The number of nitrogens with zero attached hydrogens (tertiary/aromatic N) is 2. The molecule has 0 aliphatic heterocycles. The van der Waals surface area contributed by atoms with Gasteiger partial charge < -0.3 is 0 Å².